The van der Waals surface area contributed by atoms with E-state index < -0.39 is 0 Å². The van der Waals surface area contributed by atoms with Gasteiger partial charge in [-0.3, -0.25) is 9.69 Å². The average Bonchev–Trinajstić information content (AvgIpc) is 2.17. The molecule has 1 saturated heterocycles. The SMILES string of the molecule is CC[C@@H]1CCCCN1CC(=O)NC(C)C. The molecular formula is C12H24N2O. The van der Waals surface area contributed by atoms with Gasteiger partial charge in [0.1, 0.15) is 0 Å². The molecule has 1 N–H and O–H groups in total. The molecule has 0 aromatic heterocycles. The van der Waals surface area contributed by atoms with E-state index in [2.05, 4.69) is 17.1 Å². The zero-order valence-electron chi connectivity index (χ0n) is 10.3. The van der Waals surface area contributed by atoms with Crippen molar-refractivity contribution in [2.24, 2.45) is 0 Å². The number of nitrogens with one attached hydrogen (secondary N) is 1. The van der Waals surface area contributed by atoms with Gasteiger partial charge < -0.3 is 5.32 Å². The molecule has 3 nitrogen and oxygen atoms in total. The second-order valence-electron chi connectivity index (χ2n) is 4.75. The summed E-state index contributed by atoms with van der Waals surface area (Å²) in [4.78, 5) is 14.0. The lowest BCUT2D eigenvalue weighted by Crippen LogP contribution is -2.46. The Kier molecular flexibility index (Phi) is 5.09. The summed E-state index contributed by atoms with van der Waals surface area (Å²) in [5.41, 5.74) is 0. The van der Waals surface area contributed by atoms with E-state index in [9.17, 15) is 4.79 Å². The zero-order chi connectivity index (χ0) is 11.3. The van der Waals surface area contributed by atoms with E-state index in [1.807, 2.05) is 13.8 Å². The van der Waals surface area contributed by atoms with Gasteiger partial charge in [-0.15, -0.1) is 0 Å². The Bertz CT molecular complexity index is 204. The topological polar surface area (TPSA) is 32.3 Å². The molecular weight excluding hydrogens is 188 g/mol. The molecule has 1 atom stereocenters. The van der Waals surface area contributed by atoms with E-state index in [0.717, 1.165) is 13.0 Å². The third kappa shape index (κ3) is 4.20. The summed E-state index contributed by atoms with van der Waals surface area (Å²) in [6.07, 6.45) is 4.98. The highest BCUT2D eigenvalue weighted by Crippen LogP contribution is 2.18. The molecule has 1 rings (SSSR count). The second kappa shape index (κ2) is 6.11. The van der Waals surface area contributed by atoms with E-state index in [-0.39, 0.29) is 11.9 Å². The Morgan fingerprint density at radius 3 is 2.80 bits per heavy atom. The van der Waals surface area contributed by atoms with Crippen molar-refractivity contribution < 1.29 is 4.79 Å². The van der Waals surface area contributed by atoms with Gasteiger partial charge in [0.25, 0.3) is 0 Å². The van der Waals surface area contributed by atoms with Gasteiger partial charge in [-0.1, -0.05) is 13.3 Å². The third-order valence-corrected chi connectivity index (χ3v) is 3.02. The number of rotatable bonds is 4. The summed E-state index contributed by atoms with van der Waals surface area (Å²) in [6, 6.07) is 0.874. The first-order valence-electron chi connectivity index (χ1n) is 6.17. The van der Waals surface area contributed by atoms with Gasteiger partial charge in [-0.25, -0.2) is 0 Å². The number of piperidine rings is 1. The van der Waals surface area contributed by atoms with Crippen LogP contribution in [0.1, 0.15) is 46.5 Å². The first-order valence-corrected chi connectivity index (χ1v) is 6.17. The minimum absolute atomic E-state index is 0.172. The fourth-order valence-electron chi connectivity index (χ4n) is 2.28. The van der Waals surface area contributed by atoms with Crippen LogP contribution in [0.25, 0.3) is 0 Å². The molecule has 0 unspecified atom stereocenters. The number of likely N-dealkylation sites (tertiary alicyclic amines) is 1. The van der Waals surface area contributed by atoms with Crippen molar-refractivity contribution in [3.05, 3.63) is 0 Å². The number of carbonyl (C=O) groups is 1. The van der Waals surface area contributed by atoms with Crippen LogP contribution in [0.4, 0.5) is 0 Å². The lowest BCUT2D eigenvalue weighted by Gasteiger charge is -2.34. The van der Waals surface area contributed by atoms with E-state index >= 15 is 0 Å². The molecule has 88 valence electrons. The van der Waals surface area contributed by atoms with E-state index in [0.29, 0.717) is 12.6 Å². The maximum absolute atomic E-state index is 11.6. The summed E-state index contributed by atoms with van der Waals surface area (Å²) in [6.45, 7) is 7.89. The monoisotopic (exact) mass is 212 g/mol. The second-order valence-corrected chi connectivity index (χ2v) is 4.75. The Morgan fingerprint density at radius 1 is 1.47 bits per heavy atom. The smallest absolute Gasteiger partial charge is 0.234 e. The molecule has 0 aromatic rings. The van der Waals surface area contributed by atoms with Crippen LogP contribution < -0.4 is 5.32 Å². The Balaban J connectivity index is 2.37. The minimum Gasteiger partial charge on any atom is -0.353 e. The molecule has 15 heavy (non-hydrogen) atoms. The maximum atomic E-state index is 11.6. The van der Waals surface area contributed by atoms with Crippen molar-refractivity contribution in [3.8, 4) is 0 Å². The van der Waals surface area contributed by atoms with Gasteiger partial charge in [0, 0.05) is 12.1 Å². The first kappa shape index (κ1) is 12.5. The molecule has 1 aliphatic rings. The molecule has 1 amide bonds. The van der Waals surface area contributed by atoms with E-state index in [1.54, 1.807) is 0 Å². The van der Waals surface area contributed by atoms with Crippen LogP contribution in [0.3, 0.4) is 0 Å². The molecule has 0 aromatic carbocycles. The number of hydrogen-bond donors (Lipinski definition) is 1. The van der Waals surface area contributed by atoms with Crippen LogP contribution in [-0.4, -0.2) is 36.0 Å². The third-order valence-electron chi connectivity index (χ3n) is 3.02. The molecule has 0 aliphatic carbocycles. The van der Waals surface area contributed by atoms with E-state index in [1.165, 1.54) is 19.3 Å². The number of nitrogens with zero attached hydrogens (tertiary/aromatic N) is 1. The molecule has 3 heteroatoms. The fraction of sp³-hybridized carbons (Fsp3) is 0.917. The lowest BCUT2D eigenvalue weighted by atomic mass is 10.00. The predicted octanol–water partition coefficient (Wildman–Crippen LogP) is 1.78. The van der Waals surface area contributed by atoms with Crippen molar-refractivity contribution in [2.75, 3.05) is 13.1 Å². The van der Waals surface area contributed by atoms with Gasteiger partial charge in [-0.2, -0.15) is 0 Å². The van der Waals surface area contributed by atoms with Crippen molar-refractivity contribution in [1.82, 2.24) is 10.2 Å². The summed E-state index contributed by atoms with van der Waals surface area (Å²) in [7, 11) is 0. The van der Waals surface area contributed by atoms with Crippen molar-refractivity contribution >= 4 is 5.91 Å². The number of carbonyl (C=O) groups excluding carboxylic acids is 1. The highest BCUT2D eigenvalue weighted by molar-refractivity contribution is 5.78. The van der Waals surface area contributed by atoms with Gasteiger partial charge in [-0.05, 0) is 39.7 Å². The summed E-state index contributed by atoms with van der Waals surface area (Å²) < 4.78 is 0. The van der Waals surface area contributed by atoms with Crippen molar-refractivity contribution in [1.29, 1.82) is 0 Å². The minimum atomic E-state index is 0.172. The molecule has 1 aliphatic heterocycles. The van der Waals surface area contributed by atoms with Crippen molar-refractivity contribution in [2.45, 2.75) is 58.5 Å². The molecule has 1 heterocycles. The van der Waals surface area contributed by atoms with Crippen molar-refractivity contribution in [3.63, 3.8) is 0 Å². The summed E-state index contributed by atoms with van der Waals surface area (Å²) in [5, 5.41) is 2.95. The van der Waals surface area contributed by atoms with E-state index in [4.69, 9.17) is 0 Å². The summed E-state index contributed by atoms with van der Waals surface area (Å²) >= 11 is 0. The average molecular weight is 212 g/mol. The van der Waals surface area contributed by atoms with Gasteiger partial charge in [0.2, 0.25) is 5.91 Å². The quantitative estimate of drug-likeness (QED) is 0.770. The molecule has 0 bridgehead atoms. The van der Waals surface area contributed by atoms with Crippen LogP contribution >= 0.6 is 0 Å². The van der Waals surface area contributed by atoms with Gasteiger partial charge >= 0.3 is 0 Å². The van der Waals surface area contributed by atoms with Gasteiger partial charge in [0.05, 0.1) is 6.54 Å². The van der Waals surface area contributed by atoms with Gasteiger partial charge in [0.15, 0.2) is 0 Å². The van der Waals surface area contributed by atoms with Crippen LogP contribution in [-0.2, 0) is 4.79 Å². The first-order chi connectivity index (χ1) is 7.13. The summed E-state index contributed by atoms with van der Waals surface area (Å²) in [5.74, 6) is 0.172. The largest absolute Gasteiger partial charge is 0.353 e. The van der Waals surface area contributed by atoms with Crippen LogP contribution in [0, 0.1) is 0 Å². The van der Waals surface area contributed by atoms with Crippen LogP contribution in [0.5, 0.6) is 0 Å². The van der Waals surface area contributed by atoms with Crippen LogP contribution in [0.15, 0.2) is 0 Å². The Labute approximate surface area is 93.2 Å². The Morgan fingerprint density at radius 2 is 2.20 bits per heavy atom. The number of amides is 1. The molecule has 0 saturated carbocycles. The lowest BCUT2D eigenvalue weighted by molar-refractivity contribution is -0.123. The molecule has 0 radical (unpaired) electrons. The highest BCUT2D eigenvalue weighted by atomic mass is 16.2. The fourth-order valence-corrected chi connectivity index (χ4v) is 2.28. The standard InChI is InChI=1S/C12H24N2O/c1-4-11-7-5-6-8-14(11)9-12(15)13-10(2)3/h10-11H,4-9H2,1-3H3,(H,13,15)/t11-/m1/s1. The highest BCUT2D eigenvalue weighted by Gasteiger charge is 2.22. The van der Waals surface area contributed by atoms with Crippen LogP contribution in [0.2, 0.25) is 0 Å². The molecule has 1 fully saturated rings. The zero-order valence-corrected chi connectivity index (χ0v) is 10.3. The normalized spacial score (nSPS) is 23.1. The Hall–Kier alpha value is -0.570. The molecule has 0 spiro atoms. The maximum Gasteiger partial charge on any atom is 0.234 e. The predicted molar refractivity (Wildman–Crippen MR) is 62.8 cm³/mol. The number of hydrogen-bond acceptors (Lipinski definition) is 2.